The molecule has 0 aliphatic carbocycles. The Morgan fingerprint density at radius 1 is 0.964 bits per heavy atom. The minimum atomic E-state index is -0.631. The average Bonchev–Trinajstić information content (AvgIpc) is 3.07. The summed E-state index contributed by atoms with van der Waals surface area (Å²) >= 11 is 0. The Morgan fingerprint density at radius 3 is 2.57 bits per heavy atom. The lowest BCUT2D eigenvalue weighted by molar-refractivity contribution is 0.100. The van der Waals surface area contributed by atoms with Crippen LogP contribution in [-0.2, 0) is 0 Å². The summed E-state index contributed by atoms with van der Waals surface area (Å²) in [5, 5.41) is 7.66. The zero-order chi connectivity index (χ0) is 19.7. The van der Waals surface area contributed by atoms with Gasteiger partial charge in [-0.15, -0.1) is 0 Å². The van der Waals surface area contributed by atoms with Crippen molar-refractivity contribution in [1.29, 1.82) is 0 Å². The molecule has 1 amide bonds. The number of primary amides is 1. The molecule has 0 aliphatic heterocycles. The van der Waals surface area contributed by atoms with Crippen molar-refractivity contribution in [2.75, 3.05) is 0 Å². The van der Waals surface area contributed by atoms with E-state index in [4.69, 9.17) is 5.73 Å². The third-order valence-corrected chi connectivity index (χ3v) is 4.44. The van der Waals surface area contributed by atoms with Crippen LogP contribution in [0.5, 0.6) is 0 Å². The number of nitrogens with zero attached hydrogens (tertiary/aromatic N) is 1. The van der Waals surface area contributed by atoms with Crippen LogP contribution >= 0.6 is 0 Å². The van der Waals surface area contributed by atoms with Gasteiger partial charge >= 0.3 is 0 Å². The largest absolute Gasteiger partial charge is 0.366 e. The lowest BCUT2D eigenvalue weighted by Crippen LogP contribution is -2.12. The molecule has 1 aromatic heterocycles. The third kappa shape index (κ3) is 3.27. The molecule has 4 nitrogen and oxygen atoms in total. The van der Waals surface area contributed by atoms with Gasteiger partial charge in [-0.1, -0.05) is 36.4 Å². The fourth-order valence-corrected chi connectivity index (χ4v) is 3.11. The summed E-state index contributed by atoms with van der Waals surface area (Å²) in [5.41, 5.74) is 8.09. The van der Waals surface area contributed by atoms with Crippen LogP contribution < -0.4 is 5.73 Å². The number of amides is 1. The zero-order valence-electron chi connectivity index (χ0n) is 14.6. The number of benzene rings is 3. The normalized spacial score (nSPS) is 11.4. The SMILES string of the molecule is NC(=O)c1ccccc1-c1cc2c(/C=C/c3cccc(F)c3)n[nH]c2cc1F. The molecule has 28 heavy (non-hydrogen) atoms. The molecule has 0 atom stereocenters. The number of carbonyl (C=O) groups excluding carboxylic acids is 1. The first-order chi connectivity index (χ1) is 13.5. The molecule has 0 bridgehead atoms. The van der Waals surface area contributed by atoms with E-state index < -0.39 is 11.7 Å². The predicted octanol–water partition coefficient (Wildman–Crippen LogP) is 4.78. The van der Waals surface area contributed by atoms with Crippen LogP contribution in [0.25, 0.3) is 34.2 Å². The lowest BCUT2D eigenvalue weighted by atomic mass is 9.97. The highest BCUT2D eigenvalue weighted by Crippen LogP contribution is 2.31. The molecule has 0 radical (unpaired) electrons. The van der Waals surface area contributed by atoms with Gasteiger partial charge in [0.1, 0.15) is 11.6 Å². The Bertz CT molecular complexity index is 1230. The van der Waals surface area contributed by atoms with Crippen LogP contribution in [0, 0.1) is 11.6 Å². The van der Waals surface area contributed by atoms with E-state index in [-0.39, 0.29) is 16.9 Å². The molecular formula is C22H15F2N3O. The Kier molecular flexibility index (Phi) is 4.45. The van der Waals surface area contributed by atoms with Crippen molar-refractivity contribution in [3.63, 3.8) is 0 Å². The Balaban J connectivity index is 1.82. The fraction of sp³-hybridized carbons (Fsp3) is 0. The number of nitrogens with two attached hydrogens (primary N) is 1. The lowest BCUT2D eigenvalue weighted by Gasteiger charge is -2.08. The summed E-state index contributed by atoms with van der Waals surface area (Å²) in [6.07, 6.45) is 3.44. The maximum Gasteiger partial charge on any atom is 0.249 e. The topological polar surface area (TPSA) is 71.8 Å². The van der Waals surface area contributed by atoms with E-state index in [0.717, 1.165) is 0 Å². The van der Waals surface area contributed by atoms with Gasteiger partial charge in [-0.2, -0.15) is 5.10 Å². The average molecular weight is 375 g/mol. The molecule has 1 heterocycles. The van der Waals surface area contributed by atoms with Gasteiger partial charge in [0.15, 0.2) is 0 Å². The highest BCUT2D eigenvalue weighted by atomic mass is 19.1. The van der Waals surface area contributed by atoms with Crippen LogP contribution in [0.15, 0.2) is 60.7 Å². The molecule has 4 rings (SSSR count). The van der Waals surface area contributed by atoms with Gasteiger partial charge in [0, 0.05) is 22.6 Å². The Hall–Kier alpha value is -3.80. The van der Waals surface area contributed by atoms with Crippen LogP contribution in [0.2, 0.25) is 0 Å². The summed E-state index contributed by atoms with van der Waals surface area (Å²) in [4.78, 5) is 11.7. The van der Waals surface area contributed by atoms with Crippen molar-refractivity contribution in [2.24, 2.45) is 5.73 Å². The summed E-state index contributed by atoms with van der Waals surface area (Å²) in [5.74, 6) is -1.46. The minimum Gasteiger partial charge on any atom is -0.366 e. The molecule has 0 unspecified atom stereocenters. The van der Waals surface area contributed by atoms with Crippen LogP contribution in [0.1, 0.15) is 21.6 Å². The summed E-state index contributed by atoms with van der Waals surface area (Å²) in [6.45, 7) is 0. The first-order valence-corrected chi connectivity index (χ1v) is 8.53. The van der Waals surface area contributed by atoms with Crippen molar-refractivity contribution < 1.29 is 13.6 Å². The number of fused-ring (bicyclic) bond motifs is 1. The van der Waals surface area contributed by atoms with Crippen molar-refractivity contribution in [2.45, 2.75) is 0 Å². The molecule has 3 aromatic carbocycles. The summed E-state index contributed by atoms with van der Waals surface area (Å²) in [6, 6.07) is 15.7. The van der Waals surface area contributed by atoms with Crippen molar-refractivity contribution in [3.8, 4) is 11.1 Å². The number of aromatic amines is 1. The van der Waals surface area contributed by atoms with E-state index in [1.807, 2.05) is 0 Å². The van der Waals surface area contributed by atoms with E-state index in [2.05, 4.69) is 10.2 Å². The molecule has 0 aliphatic rings. The summed E-state index contributed by atoms with van der Waals surface area (Å²) in [7, 11) is 0. The maximum atomic E-state index is 14.7. The highest BCUT2D eigenvalue weighted by molar-refractivity contribution is 6.01. The van der Waals surface area contributed by atoms with Gasteiger partial charge in [0.05, 0.1) is 11.2 Å². The van der Waals surface area contributed by atoms with Crippen molar-refractivity contribution >= 4 is 29.0 Å². The molecule has 4 aromatic rings. The predicted molar refractivity (Wildman–Crippen MR) is 105 cm³/mol. The van der Waals surface area contributed by atoms with Crippen LogP contribution in [0.3, 0.4) is 0 Å². The monoisotopic (exact) mass is 375 g/mol. The number of hydrogen-bond acceptors (Lipinski definition) is 2. The molecular weight excluding hydrogens is 360 g/mol. The second kappa shape index (κ2) is 7.08. The van der Waals surface area contributed by atoms with Crippen molar-refractivity contribution in [1.82, 2.24) is 10.2 Å². The Labute approximate surface area is 159 Å². The molecule has 0 saturated heterocycles. The van der Waals surface area contributed by atoms with Crippen LogP contribution in [0.4, 0.5) is 8.78 Å². The second-order valence-electron chi connectivity index (χ2n) is 6.28. The molecule has 3 N–H and O–H groups in total. The number of H-pyrrole nitrogens is 1. The number of halogens is 2. The van der Waals surface area contributed by atoms with E-state index in [0.29, 0.717) is 27.7 Å². The molecule has 6 heteroatoms. The van der Waals surface area contributed by atoms with E-state index >= 15 is 0 Å². The number of aromatic nitrogens is 2. The number of carbonyl (C=O) groups is 1. The minimum absolute atomic E-state index is 0.237. The summed E-state index contributed by atoms with van der Waals surface area (Å²) < 4.78 is 28.0. The van der Waals surface area contributed by atoms with Gasteiger partial charge < -0.3 is 5.73 Å². The standard InChI is InChI=1S/C22H15F2N3O/c23-14-5-3-4-13(10-14)8-9-20-18-11-17(19(24)12-21(18)27-26-20)15-6-1-2-7-16(15)22(25)28/h1-12H,(H2,25,28)(H,26,27)/b9-8+. The smallest absolute Gasteiger partial charge is 0.249 e. The number of nitrogens with one attached hydrogen (secondary N) is 1. The third-order valence-electron chi connectivity index (χ3n) is 4.44. The van der Waals surface area contributed by atoms with Gasteiger partial charge in [0.2, 0.25) is 5.91 Å². The second-order valence-corrected chi connectivity index (χ2v) is 6.28. The fourth-order valence-electron chi connectivity index (χ4n) is 3.11. The highest BCUT2D eigenvalue weighted by Gasteiger charge is 2.16. The zero-order valence-corrected chi connectivity index (χ0v) is 14.6. The van der Waals surface area contributed by atoms with Gasteiger partial charge in [0.25, 0.3) is 0 Å². The quantitative estimate of drug-likeness (QED) is 0.539. The molecule has 0 fully saturated rings. The van der Waals surface area contributed by atoms with Crippen LogP contribution in [-0.4, -0.2) is 16.1 Å². The maximum absolute atomic E-state index is 14.7. The van der Waals surface area contributed by atoms with Gasteiger partial charge in [-0.05, 0) is 41.5 Å². The van der Waals surface area contributed by atoms with Gasteiger partial charge in [-0.3, -0.25) is 9.89 Å². The van der Waals surface area contributed by atoms with Crippen molar-refractivity contribution in [3.05, 3.63) is 89.1 Å². The first kappa shape index (κ1) is 17.6. The Morgan fingerprint density at radius 2 is 1.79 bits per heavy atom. The van der Waals surface area contributed by atoms with Gasteiger partial charge in [-0.25, -0.2) is 8.78 Å². The molecule has 0 spiro atoms. The molecule has 0 saturated carbocycles. The van der Waals surface area contributed by atoms with E-state index in [1.165, 1.54) is 18.2 Å². The number of hydrogen-bond donors (Lipinski definition) is 2. The van der Waals surface area contributed by atoms with E-state index in [9.17, 15) is 13.6 Å². The number of rotatable bonds is 4. The van der Waals surface area contributed by atoms with E-state index in [1.54, 1.807) is 54.6 Å². The molecule has 138 valence electrons. The first-order valence-electron chi connectivity index (χ1n) is 8.53.